The number of hydrogen-bond acceptors (Lipinski definition) is 6. The van der Waals surface area contributed by atoms with Crippen molar-refractivity contribution < 1.29 is 34.2 Å². The van der Waals surface area contributed by atoms with Crippen molar-refractivity contribution in [2.45, 2.75) is 37.8 Å². The molecule has 0 spiro atoms. The summed E-state index contributed by atoms with van der Waals surface area (Å²) < 4.78 is 0. The second kappa shape index (κ2) is 10.1. The van der Waals surface area contributed by atoms with E-state index in [4.69, 9.17) is 21.7 Å². The summed E-state index contributed by atoms with van der Waals surface area (Å²) >= 11 is 0. The van der Waals surface area contributed by atoms with E-state index >= 15 is 0 Å². The van der Waals surface area contributed by atoms with Crippen LogP contribution in [0.4, 0.5) is 0 Å². The summed E-state index contributed by atoms with van der Waals surface area (Å²) in [5.74, 6) is -4.88. The summed E-state index contributed by atoms with van der Waals surface area (Å²) in [4.78, 5) is 55.6. The van der Waals surface area contributed by atoms with E-state index in [1.807, 2.05) is 0 Å². The molecule has 0 radical (unpaired) electrons. The highest BCUT2D eigenvalue weighted by molar-refractivity contribution is 5.91. The molecule has 2 atom stereocenters. The standard InChI is InChI=1S/C12H20N4O7/c13-5-9(18)15-6(1-3-8(14)17)11(21)16-7(12(22)23)2-4-10(19)20/h6-7H,1-5,13H2,(H2,14,17)(H,15,18)(H,16,21)(H,19,20)(H,22,23). The van der Waals surface area contributed by atoms with Crippen LogP contribution in [0.1, 0.15) is 25.7 Å². The molecule has 0 bridgehead atoms. The molecule has 0 fully saturated rings. The quantitative estimate of drug-likeness (QED) is 0.231. The number of hydrogen-bond donors (Lipinski definition) is 6. The molecule has 0 aliphatic carbocycles. The molecule has 0 saturated carbocycles. The minimum absolute atomic E-state index is 0.141. The van der Waals surface area contributed by atoms with Crippen molar-refractivity contribution in [3.05, 3.63) is 0 Å². The van der Waals surface area contributed by atoms with Gasteiger partial charge in [0.25, 0.3) is 0 Å². The predicted molar refractivity (Wildman–Crippen MR) is 75.8 cm³/mol. The SMILES string of the molecule is NCC(=O)NC(CCC(N)=O)C(=O)NC(CCC(=O)O)C(=O)O. The largest absolute Gasteiger partial charge is 0.481 e. The molecular formula is C12H20N4O7. The minimum atomic E-state index is -1.44. The first-order valence-corrected chi connectivity index (χ1v) is 6.70. The van der Waals surface area contributed by atoms with Crippen LogP contribution in [0.2, 0.25) is 0 Å². The molecule has 0 aromatic carbocycles. The highest BCUT2D eigenvalue weighted by atomic mass is 16.4. The lowest BCUT2D eigenvalue weighted by Gasteiger charge is -2.20. The molecule has 0 rings (SSSR count). The third kappa shape index (κ3) is 9.03. The molecule has 11 nitrogen and oxygen atoms in total. The van der Waals surface area contributed by atoms with Gasteiger partial charge in [-0.15, -0.1) is 0 Å². The lowest BCUT2D eigenvalue weighted by atomic mass is 10.1. The molecule has 130 valence electrons. The molecule has 8 N–H and O–H groups in total. The maximum absolute atomic E-state index is 12.0. The van der Waals surface area contributed by atoms with Crippen molar-refractivity contribution >= 4 is 29.7 Å². The number of nitrogens with one attached hydrogen (secondary N) is 2. The van der Waals surface area contributed by atoms with Gasteiger partial charge in [-0.05, 0) is 12.8 Å². The average molecular weight is 332 g/mol. The molecule has 23 heavy (non-hydrogen) atoms. The van der Waals surface area contributed by atoms with E-state index in [9.17, 15) is 24.0 Å². The molecule has 0 aliphatic heterocycles. The first-order chi connectivity index (χ1) is 10.7. The topological polar surface area (TPSA) is 202 Å². The Hall–Kier alpha value is -2.69. The Morgan fingerprint density at radius 2 is 1.48 bits per heavy atom. The molecule has 0 aliphatic rings. The summed E-state index contributed by atoms with van der Waals surface area (Å²) in [6, 6.07) is -2.64. The van der Waals surface area contributed by atoms with Crippen molar-refractivity contribution in [3.8, 4) is 0 Å². The van der Waals surface area contributed by atoms with Crippen molar-refractivity contribution in [2.24, 2.45) is 11.5 Å². The number of carbonyl (C=O) groups is 5. The summed E-state index contributed by atoms with van der Waals surface area (Å²) in [5, 5.41) is 21.9. The Bertz CT molecular complexity index is 480. The van der Waals surface area contributed by atoms with E-state index in [0.29, 0.717) is 0 Å². The smallest absolute Gasteiger partial charge is 0.326 e. The molecule has 3 amide bonds. The van der Waals surface area contributed by atoms with Crippen LogP contribution in [0.5, 0.6) is 0 Å². The molecule has 0 aromatic heterocycles. The van der Waals surface area contributed by atoms with Gasteiger partial charge in [0, 0.05) is 12.8 Å². The van der Waals surface area contributed by atoms with E-state index in [-0.39, 0.29) is 19.3 Å². The molecule has 0 aromatic rings. The van der Waals surface area contributed by atoms with Gasteiger partial charge in [0.2, 0.25) is 17.7 Å². The minimum Gasteiger partial charge on any atom is -0.481 e. The van der Waals surface area contributed by atoms with Gasteiger partial charge >= 0.3 is 11.9 Å². The van der Waals surface area contributed by atoms with Crippen molar-refractivity contribution in [1.82, 2.24) is 10.6 Å². The number of aliphatic carboxylic acids is 2. The lowest BCUT2D eigenvalue weighted by molar-refractivity contribution is -0.143. The fourth-order valence-corrected chi connectivity index (χ4v) is 1.61. The van der Waals surface area contributed by atoms with Crippen LogP contribution in [0.15, 0.2) is 0 Å². The third-order valence-electron chi connectivity index (χ3n) is 2.78. The fraction of sp³-hybridized carbons (Fsp3) is 0.583. The van der Waals surface area contributed by atoms with Gasteiger partial charge in [-0.3, -0.25) is 19.2 Å². The average Bonchev–Trinajstić information content (AvgIpc) is 2.46. The molecular weight excluding hydrogens is 312 g/mol. The van der Waals surface area contributed by atoms with Crippen molar-refractivity contribution in [2.75, 3.05) is 6.54 Å². The van der Waals surface area contributed by atoms with Crippen molar-refractivity contribution in [1.29, 1.82) is 0 Å². The number of rotatable bonds is 11. The molecule has 11 heteroatoms. The Kier molecular flexibility index (Phi) is 8.92. The van der Waals surface area contributed by atoms with E-state index in [1.54, 1.807) is 0 Å². The number of primary amides is 1. The maximum Gasteiger partial charge on any atom is 0.326 e. The van der Waals surface area contributed by atoms with Crippen molar-refractivity contribution in [3.63, 3.8) is 0 Å². The van der Waals surface area contributed by atoms with Gasteiger partial charge in [-0.2, -0.15) is 0 Å². The molecule has 0 saturated heterocycles. The first kappa shape index (κ1) is 20.3. The second-order valence-electron chi connectivity index (χ2n) is 4.66. The zero-order valence-electron chi connectivity index (χ0n) is 12.3. The predicted octanol–water partition coefficient (Wildman–Crippen LogP) is -2.87. The Labute approximate surface area is 131 Å². The summed E-state index contributed by atoms with van der Waals surface area (Å²) in [6.45, 7) is -0.401. The van der Waals surface area contributed by atoms with Gasteiger partial charge in [-0.1, -0.05) is 0 Å². The highest BCUT2D eigenvalue weighted by Crippen LogP contribution is 2.02. The Balaban J connectivity index is 4.86. The normalized spacial score (nSPS) is 12.7. The summed E-state index contributed by atoms with van der Waals surface area (Å²) in [5.41, 5.74) is 10.1. The lowest BCUT2D eigenvalue weighted by Crippen LogP contribution is -2.52. The number of carboxylic acid groups (broad SMARTS) is 2. The number of amides is 3. The van der Waals surface area contributed by atoms with Crippen LogP contribution in [-0.4, -0.2) is 58.5 Å². The highest BCUT2D eigenvalue weighted by Gasteiger charge is 2.26. The maximum atomic E-state index is 12.0. The van der Waals surface area contributed by atoms with Crippen LogP contribution in [0.3, 0.4) is 0 Å². The fourth-order valence-electron chi connectivity index (χ4n) is 1.61. The van der Waals surface area contributed by atoms with E-state index in [0.717, 1.165) is 0 Å². The molecule has 2 unspecified atom stereocenters. The monoisotopic (exact) mass is 332 g/mol. The number of nitrogens with two attached hydrogens (primary N) is 2. The zero-order valence-corrected chi connectivity index (χ0v) is 12.3. The van der Waals surface area contributed by atoms with Gasteiger partial charge in [0.1, 0.15) is 12.1 Å². The second-order valence-corrected chi connectivity index (χ2v) is 4.66. The van der Waals surface area contributed by atoms with E-state index in [1.165, 1.54) is 0 Å². The Morgan fingerprint density at radius 3 is 1.91 bits per heavy atom. The van der Waals surface area contributed by atoms with Crippen LogP contribution in [0.25, 0.3) is 0 Å². The van der Waals surface area contributed by atoms with Crippen LogP contribution in [-0.2, 0) is 24.0 Å². The molecule has 0 heterocycles. The third-order valence-corrected chi connectivity index (χ3v) is 2.78. The summed E-state index contributed by atoms with van der Waals surface area (Å²) in [6.07, 6.45) is -1.14. The van der Waals surface area contributed by atoms with Gasteiger partial charge in [0.15, 0.2) is 0 Å². The van der Waals surface area contributed by atoms with Gasteiger partial charge < -0.3 is 32.3 Å². The number of carbonyl (C=O) groups excluding carboxylic acids is 3. The van der Waals surface area contributed by atoms with Crippen LogP contribution >= 0.6 is 0 Å². The first-order valence-electron chi connectivity index (χ1n) is 6.70. The summed E-state index contributed by atoms with van der Waals surface area (Å²) in [7, 11) is 0. The van der Waals surface area contributed by atoms with Crippen LogP contribution < -0.4 is 22.1 Å². The van der Waals surface area contributed by atoms with Gasteiger partial charge in [0.05, 0.1) is 6.54 Å². The zero-order chi connectivity index (χ0) is 18.0. The number of carboxylic acids is 2. The van der Waals surface area contributed by atoms with Gasteiger partial charge in [-0.25, -0.2) is 4.79 Å². The van der Waals surface area contributed by atoms with E-state index < -0.39 is 54.7 Å². The van der Waals surface area contributed by atoms with Crippen LogP contribution in [0, 0.1) is 0 Å². The Morgan fingerprint density at radius 1 is 0.913 bits per heavy atom. The van der Waals surface area contributed by atoms with E-state index in [2.05, 4.69) is 10.6 Å².